The van der Waals surface area contributed by atoms with Gasteiger partial charge >= 0.3 is 0 Å². The first-order chi connectivity index (χ1) is 12.0. The molecule has 0 fully saturated rings. The quantitative estimate of drug-likeness (QED) is 0.786. The van der Waals surface area contributed by atoms with Gasteiger partial charge in [0.1, 0.15) is 13.2 Å². The highest BCUT2D eigenvalue weighted by molar-refractivity contribution is 9.10. The topological polar surface area (TPSA) is 56.8 Å². The molecule has 0 unspecified atom stereocenters. The van der Waals surface area contributed by atoms with E-state index >= 15 is 0 Å². The summed E-state index contributed by atoms with van der Waals surface area (Å²) in [7, 11) is 0. The Morgan fingerprint density at radius 3 is 2.88 bits per heavy atom. The van der Waals surface area contributed by atoms with Gasteiger partial charge in [-0.2, -0.15) is 0 Å². The summed E-state index contributed by atoms with van der Waals surface area (Å²) in [6, 6.07) is 7.81. The van der Waals surface area contributed by atoms with E-state index < -0.39 is 5.82 Å². The molecule has 8 heteroatoms. The Balaban J connectivity index is 1.54. The van der Waals surface area contributed by atoms with Crippen LogP contribution in [0.15, 0.2) is 34.8 Å². The molecule has 1 N–H and O–H groups in total. The molecule has 0 saturated heterocycles. The van der Waals surface area contributed by atoms with Crippen molar-refractivity contribution in [1.82, 2.24) is 5.32 Å². The Hall–Kier alpha value is -1.99. The molecule has 132 valence electrons. The minimum Gasteiger partial charge on any atom is -0.486 e. The number of carbonyl (C=O) groups is 1. The van der Waals surface area contributed by atoms with E-state index in [0.29, 0.717) is 34.2 Å². The van der Waals surface area contributed by atoms with Crippen molar-refractivity contribution in [2.75, 3.05) is 19.8 Å². The van der Waals surface area contributed by atoms with Crippen LogP contribution in [0.1, 0.15) is 5.56 Å². The van der Waals surface area contributed by atoms with E-state index in [0.717, 1.165) is 5.56 Å². The standard InChI is InChI=1S/C17H14BrClFNO4/c18-11-1-2-14(13(20)7-11)25-9-16(22)21-8-10-5-12(19)17-15(6-10)23-3-4-24-17/h1-2,5-7H,3-4,8-9H2,(H,21,22). The molecule has 1 aliphatic rings. The summed E-state index contributed by atoms with van der Waals surface area (Å²) in [6.45, 7) is 0.844. The van der Waals surface area contributed by atoms with E-state index in [1.54, 1.807) is 18.2 Å². The number of fused-ring (bicyclic) bond motifs is 1. The fourth-order valence-electron chi connectivity index (χ4n) is 2.25. The number of rotatable bonds is 5. The molecule has 25 heavy (non-hydrogen) atoms. The van der Waals surface area contributed by atoms with Crippen LogP contribution >= 0.6 is 27.5 Å². The van der Waals surface area contributed by atoms with Gasteiger partial charge in [-0.1, -0.05) is 27.5 Å². The maximum absolute atomic E-state index is 13.6. The van der Waals surface area contributed by atoms with Gasteiger partial charge < -0.3 is 19.5 Å². The lowest BCUT2D eigenvalue weighted by atomic mass is 10.2. The summed E-state index contributed by atoms with van der Waals surface area (Å²) in [5.74, 6) is 0.156. The third kappa shape index (κ3) is 4.55. The molecule has 0 bridgehead atoms. The van der Waals surface area contributed by atoms with Crippen LogP contribution in [-0.2, 0) is 11.3 Å². The number of amides is 1. The van der Waals surface area contributed by atoms with Gasteiger partial charge in [0.2, 0.25) is 0 Å². The van der Waals surface area contributed by atoms with Crippen LogP contribution in [0.5, 0.6) is 17.2 Å². The Morgan fingerprint density at radius 1 is 1.28 bits per heavy atom. The second kappa shape index (κ2) is 7.93. The van der Waals surface area contributed by atoms with E-state index in [9.17, 15) is 9.18 Å². The molecular weight excluding hydrogens is 417 g/mol. The van der Waals surface area contributed by atoms with Crippen molar-refractivity contribution in [2.45, 2.75) is 6.54 Å². The molecule has 0 saturated carbocycles. The van der Waals surface area contributed by atoms with Crippen LogP contribution < -0.4 is 19.5 Å². The number of hydrogen-bond donors (Lipinski definition) is 1. The molecule has 0 atom stereocenters. The molecule has 1 heterocycles. The molecular formula is C17H14BrClFNO4. The van der Waals surface area contributed by atoms with Gasteiger partial charge in [-0.15, -0.1) is 0 Å². The number of nitrogens with one attached hydrogen (secondary N) is 1. The molecule has 1 amide bonds. The number of benzene rings is 2. The summed E-state index contributed by atoms with van der Waals surface area (Å²) in [4.78, 5) is 11.9. The Bertz CT molecular complexity index is 802. The lowest BCUT2D eigenvalue weighted by Crippen LogP contribution is -2.28. The van der Waals surface area contributed by atoms with E-state index in [-0.39, 0.29) is 24.8 Å². The number of hydrogen-bond acceptors (Lipinski definition) is 4. The second-order valence-electron chi connectivity index (χ2n) is 5.24. The van der Waals surface area contributed by atoms with E-state index in [1.807, 2.05) is 0 Å². The fraction of sp³-hybridized carbons (Fsp3) is 0.235. The monoisotopic (exact) mass is 429 g/mol. The highest BCUT2D eigenvalue weighted by Gasteiger charge is 2.17. The van der Waals surface area contributed by atoms with Crippen molar-refractivity contribution in [1.29, 1.82) is 0 Å². The van der Waals surface area contributed by atoms with Gasteiger partial charge in [-0.3, -0.25) is 4.79 Å². The van der Waals surface area contributed by atoms with Gasteiger partial charge in [0.25, 0.3) is 5.91 Å². The van der Waals surface area contributed by atoms with Gasteiger partial charge in [0.05, 0.1) is 5.02 Å². The van der Waals surface area contributed by atoms with Crippen molar-refractivity contribution in [2.24, 2.45) is 0 Å². The first-order valence-electron chi connectivity index (χ1n) is 7.45. The Kier molecular flexibility index (Phi) is 5.65. The molecule has 0 aromatic heterocycles. The molecule has 1 aliphatic heterocycles. The minimum atomic E-state index is -0.541. The van der Waals surface area contributed by atoms with Gasteiger partial charge in [-0.05, 0) is 35.9 Å². The van der Waals surface area contributed by atoms with Crippen LogP contribution in [-0.4, -0.2) is 25.7 Å². The predicted octanol–water partition coefficient (Wildman–Crippen LogP) is 3.71. The van der Waals surface area contributed by atoms with Crippen molar-refractivity contribution < 1.29 is 23.4 Å². The third-order valence-electron chi connectivity index (χ3n) is 3.40. The average molecular weight is 431 g/mol. The van der Waals surface area contributed by atoms with E-state index in [2.05, 4.69) is 21.2 Å². The van der Waals surface area contributed by atoms with Crippen LogP contribution in [0.25, 0.3) is 0 Å². The van der Waals surface area contributed by atoms with Crippen LogP contribution in [0.4, 0.5) is 4.39 Å². The van der Waals surface area contributed by atoms with Crippen molar-refractivity contribution >= 4 is 33.4 Å². The SMILES string of the molecule is O=C(COc1ccc(Br)cc1F)NCc1cc(Cl)c2c(c1)OCCO2. The summed E-state index contributed by atoms with van der Waals surface area (Å²) in [5.41, 5.74) is 0.762. The molecule has 2 aromatic carbocycles. The molecule has 5 nitrogen and oxygen atoms in total. The largest absolute Gasteiger partial charge is 0.486 e. The van der Waals surface area contributed by atoms with Gasteiger partial charge in [0.15, 0.2) is 29.7 Å². The summed E-state index contributed by atoms with van der Waals surface area (Å²) < 4.78 is 30.3. The highest BCUT2D eigenvalue weighted by Crippen LogP contribution is 2.38. The Morgan fingerprint density at radius 2 is 2.08 bits per heavy atom. The minimum absolute atomic E-state index is 0.0146. The maximum Gasteiger partial charge on any atom is 0.258 e. The normalized spacial score (nSPS) is 12.6. The van der Waals surface area contributed by atoms with Crippen molar-refractivity contribution in [3.63, 3.8) is 0 Å². The van der Waals surface area contributed by atoms with E-state index in [1.165, 1.54) is 12.1 Å². The Labute approximate surface area is 157 Å². The summed E-state index contributed by atoms with van der Waals surface area (Å²) in [6.07, 6.45) is 0. The number of ether oxygens (including phenoxy) is 3. The average Bonchev–Trinajstić information content (AvgIpc) is 2.59. The van der Waals surface area contributed by atoms with Crippen molar-refractivity contribution in [3.8, 4) is 17.2 Å². The van der Waals surface area contributed by atoms with Crippen LogP contribution in [0.2, 0.25) is 5.02 Å². The van der Waals surface area contributed by atoms with Crippen LogP contribution in [0, 0.1) is 5.82 Å². The first kappa shape index (κ1) is 17.8. The molecule has 0 aliphatic carbocycles. The number of halogens is 3. The van der Waals surface area contributed by atoms with E-state index in [4.69, 9.17) is 25.8 Å². The zero-order chi connectivity index (χ0) is 17.8. The van der Waals surface area contributed by atoms with Crippen molar-refractivity contribution in [3.05, 3.63) is 51.2 Å². The predicted molar refractivity (Wildman–Crippen MR) is 93.9 cm³/mol. The molecule has 0 spiro atoms. The van der Waals surface area contributed by atoms with Crippen LogP contribution in [0.3, 0.4) is 0 Å². The smallest absolute Gasteiger partial charge is 0.258 e. The summed E-state index contributed by atoms with van der Waals surface area (Å²) >= 11 is 9.30. The lowest BCUT2D eigenvalue weighted by Gasteiger charge is -2.20. The summed E-state index contributed by atoms with van der Waals surface area (Å²) in [5, 5.41) is 3.11. The number of carbonyl (C=O) groups excluding carboxylic acids is 1. The zero-order valence-electron chi connectivity index (χ0n) is 13.0. The molecule has 0 radical (unpaired) electrons. The molecule has 3 rings (SSSR count). The highest BCUT2D eigenvalue weighted by atomic mass is 79.9. The van der Waals surface area contributed by atoms with Gasteiger partial charge in [-0.25, -0.2) is 4.39 Å². The lowest BCUT2D eigenvalue weighted by molar-refractivity contribution is -0.123. The fourth-order valence-corrected chi connectivity index (χ4v) is 2.87. The zero-order valence-corrected chi connectivity index (χ0v) is 15.3. The van der Waals surface area contributed by atoms with Gasteiger partial charge in [0, 0.05) is 11.0 Å². The maximum atomic E-state index is 13.6. The first-order valence-corrected chi connectivity index (χ1v) is 8.62. The third-order valence-corrected chi connectivity index (χ3v) is 4.17. The second-order valence-corrected chi connectivity index (χ2v) is 6.56. The molecule has 2 aromatic rings.